The van der Waals surface area contributed by atoms with E-state index in [1.54, 1.807) is 0 Å². The standard InChI is InChI=1S/C23H42NO6PS2/c25-32(26,27)20-14-7-3-1-5-12-18-31(22-24-23-16-10-9-11-17-23)19-13-6-2-4-8-15-21-33(28,29)30/h9-11,16-17,24H,1-8,12-15,18-22H2,(H,25,26,27)(H,28,29,30)/p-2. The maximum Gasteiger partial charge on any atom is 0.0945 e. The zero-order chi connectivity index (χ0) is 24.4. The molecule has 0 amide bonds. The molecule has 0 aromatic heterocycles. The van der Waals surface area contributed by atoms with Crippen LogP contribution in [0.25, 0.3) is 0 Å². The first-order valence-electron chi connectivity index (χ1n) is 12.0. The Morgan fingerprint density at radius 3 is 1.42 bits per heavy atom. The summed E-state index contributed by atoms with van der Waals surface area (Å²) in [7, 11) is -8.28. The number of hydrogen-bond donors (Lipinski definition) is 1. The van der Waals surface area contributed by atoms with Crippen molar-refractivity contribution < 1.29 is 25.9 Å². The van der Waals surface area contributed by atoms with Gasteiger partial charge in [-0.05, 0) is 50.1 Å². The van der Waals surface area contributed by atoms with E-state index in [9.17, 15) is 25.9 Å². The van der Waals surface area contributed by atoms with E-state index in [-0.39, 0.29) is 19.4 Å². The van der Waals surface area contributed by atoms with Crippen LogP contribution < -0.4 is 5.32 Å². The minimum atomic E-state index is -4.08. The zero-order valence-corrected chi connectivity index (χ0v) is 22.1. The van der Waals surface area contributed by atoms with Gasteiger partial charge in [0.2, 0.25) is 0 Å². The molecule has 0 saturated heterocycles. The van der Waals surface area contributed by atoms with Crippen LogP contribution in [-0.4, -0.2) is 56.1 Å². The summed E-state index contributed by atoms with van der Waals surface area (Å²) in [5.74, 6) is -0.498. The summed E-state index contributed by atoms with van der Waals surface area (Å²) in [6, 6.07) is 10.2. The predicted molar refractivity (Wildman–Crippen MR) is 136 cm³/mol. The lowest BCUT2D eigenvalue weighted by Crippen LogP contribution is -2.05. The summed E-state index contributed by atoms with van der Waals surface area (Å²) in [6.07, 6.45) is 14.7. The van der Waals surface area contributed by atoms with Gasteiger partial charge in [-0.3, -0.25) is 0 Å². The normalized spacial score (nSPS) is 12.3. The van der Waals surface area contributed by atoms with Crippen molar-refractivity contribution in [3.63, 3.8) is 0 Å². The van der Waals surface area contributed by atoms with Gasteiger partial charge in [-0.2, -0.15) is 0 Å². The molecule has 1 rings (SSSR count). The lowest BCUT2D eigenvalue weighted by atomic mass is 10.1. The SMILES string of the molecule is O=S(=O)([O-])CCCCCCCCP(CCCCCCCCS(=O)(=O)[O-])CNc1ccccc1. The molecule has 0 aliphatic heterocycles. The molecule has 10 heteroatoms. The van der Waals surface area contributed by atoms with Crippen LogP contribution in [0.2, 0.25) is 0 Å². The highest BCUT2D eigenvalue weighted by atomic mass is 32.2. The summed E-state index contributed by atoms with van der Waals surface area (Å²) in [5, 5.41) is 3.57. The van der Waals surface area contributed by atoms with E-state index >= 15 is 0 Å². The van der Waals surface area contributed by atoms with Crippen molar-refractivity contribution in [3.8, 4) is 0 Å². The van der Waals surface area contributed by atoms with Crippen LogP contribution in [-0.2, 0) is 20.2 Å². The van der Waals surface area contributed by atoms with Crippen molar-refractivity contribution in [2.24, 2.45) is 0 Å². The Morgan fingerprint density at radius 1 is 0.606 bits per heavy atom. The van der Waals surface area contributed by atoms with E-state index in [0.29, 0.717) is 12.8 Å². The first-order valence-corrected chi connectivity index (χ1v) is 17.1. The maximum absolute atomic E-state index is 10.6. The first kappa shape index (κ1) is 30.3. The van der Waals surface area contributed by atoms with Gasteiger partial charge in [0.1, 0.15) is 0 Å². The van der Waals surface area contributed by atoms with Gasteiger partial charge in [0.15, 0.2) is 0 Å². The Labute approximate surface area is 202 Å². The van der Waals surface area contributed by atoms with Gasteiger partial charge < -0.3 is 14.4 Å². The van der Waals surface area contributed by atoms with E-state index in [0.717, 1.165) is 63.3 Å². The van der Waals surface area contributed by atoms with Gasteiger partial charge in [-0.25, -0.2) is 16.8 Å². The molecule has 33 heavy (non-hydrogen) atoms. The lowest BCUT2D eigenvalue weighted by Gasteiger charge is -2.19. The highest BCUT2D eigenvalue weighted by Gasteiger charge is 2.08. The molecule has 7 nitrogen and oxygen atoms in total. The average molecular weight is 522 g/mol. The quantitative estimate of drug-likeness (QED) is 0.132. The van der Waals surface area contributed by atoms with Crippen molar-refractivity contribution in [2.75, 3.05) is 35.4 Å². The number of hydrogen-bond acceptors (Lipinski definition) is 7. The molecular weight excluding hydrogens is 481 g/mol. The largest absolute Gasteiger partial charge is 0.748 e. The molecule has 0 spiro atoms. The Morgan fingerprint density at radius 2 is 1.00 bits per heavy atom. The lowest BCUT2D eigenvalue weighted by molar-refractivity contribution is 0.457. The monoisotopic (exact) mass is 521 g/mol. The molecule has 1 N–H and O–H groups in total. The summed E-state index contributed by atoms with van der Waals surface area (Å²) in [4.78, 5) is 0. The molecule has 0 unspecified atom stereocenters. The molecule has 192 valence electrons. The van der Waals surface area contributed by atoms with E-state index in [4.69, 9.17) is 0 Å². The van der Waals surface area contributed by atoms with Crippen molar-refractivity contribution in [1.29, 1.82) is 0 Å². The summed E-state index contributed by atoms with van der Waals surface area (Å²) in [6.45, 7) is 0. The molecule has 0 radical (unpaired) electrons. The number of benzene rings is 1. The molecule has 1 aromatic rings. The number of rotatable bonds is 21. The minimum absolute atomic E-state index is 0.123. The van der Waals surface area contributed by atoms with E-state index in [1.165, 1.54) is 25.2 Å². The Balaban J connectivity index is 2.21. The highest BCUT2D eigenvalue weighted by Crippen LogP contribution is 2.38. The van der Waals surface area contributed by atoms with E-state index < -0.39 is 20.2 Å². The second kappa shape index (κ2) is 17.7. The molecule has 0 atom stereocenters. The highest BCUT2D eigenvalue weighted by molar-refractivity contribution is 7.85. The second-order valence-corrected chi connectivity index (χ2v) is 14.2. The van der Waals surface area contributed by atoms with Crippen LogP contribution >= 0.6 is 7.92 Å². The second-order valence-electron chi connectivity index (χ2n) is 8.59. The minimum Gasteiger partial charge on any atom is -0.748 e. The van der Waals surface area contributed by atoms with Gasteiger partial charge in [-0.1, -0.05) is 77.5 Å². The van der Waals surface area contributed by atoms with Crippen LogP contribution in [0.1, 0.15) is 77.0 Å². The fourth-order valence-electron chi connectivity index (χ4n) is 3.67. The Hall–Kier alpha value is -0.730. The smallest absolute Gasteiger partial charge is 0.0945 e. The third kappa shape index (κ3) is 20.4. The third-order valence-corrected chi connectivity index (χ3v) is 9.60. The van der Waals surface area contributed by atoms with Crippen LogP contribution in [0, 0.1) is 0 Å². The van der Waals surface area contributed by atoms with Crippen molar-refractivity contribution in [2.45, 2.75) is 77.0 Å². The van der Waals surface area contributed by atoms with Gasteiger partial charge in [-0.15, -0.1) is 0 Å². The van der Waals surface area contributed by atoms with Crippen molar-refractivity contribution in [3.05, 3.63) is 30.3 Å². The van der Waals surface area contributed by atoms with Crippen molar-refractivity contribution >= 4 is 33.8 Å². The van der Waals surface area contributed by atoms with Crippen LogP contribution in [0.15, 0.2) is 30.3 Å². The first-order chi connectivity index (χ1) is 15.7. The zero-order valence-electron chi connectivity index (χ0n) is 19.6. The number of nitrogens with one attached hydrogen (secondary N) is 1. The fraction of sp³-hybridized carbons (Fsp3) is 0.739. The third-order valence-electron chi connectivity index (χ3n) is 5.52. The molecule has 0 aliphatic rings. The van der Waals surface area contributed by atoms with E-state index in [2.05, 4.69) is 17.4 Å². The number of anilines is 1. The van der Waals surface area contributed by atoms with Gasteiger partial charge >= 0.3 is 0 Å². The van der Waals surface area contributed by atoms with Crippen LogP contribution in [0.4, 0.5) is 5.69 Å². The molecule has 0 heterocycles. The van der Waals surface area contributed by atoms with Gasteiger partial charge in [0.25, 0.3) is 0 Å². The molecule has 1 aromatic carbocycles. The topological polar surface area (TPSA) is 126 Å². The van der Waals surface area contributed by atoms with Crippen LogP contribution in [0.3, 0.4) is 0 Å². The Kier molecular flexibility index (Phi) is 16.2. The van der Waals surface area contributed by atoms with Gasteiger partial charge in [0.05, 0.1) is 20.2 Å². The van der Waals surface area contributed by atoms with Gasteiger partial charge in [0, 0.05) is 23.5 Å². The van der Waals surface area contributed by atoms with E-state index in [1.807, 2.05) is 18.2 Å². The predicted octanol–water partition coefficient (Wildman–Crippen LogP) is 5.31. The maximum atomic E-state index is 10.6. The summed E-state index contributed by atoms with van der Waals surface area (Å²) in [5.41, 5.74) is 1.15. The average Bonchev–Trinajstić information content (AvgIpc) is 2.74. The number of para-hydroxylation sites is 1. The van der Waals surface area contributed by atoms with Crippen LogP contribution in [0.5, 0.6) is 0 Å². The summed E-state index contributed by atoms with van der Waals surface area (Å²) >= 11 is 0. The number of unbranched alkanes of at least 4 members (excludes halogenated alkanes) is 10. The van der Waals surface area contributed by atoms with Crippen molar-refractivity contribution in [1.82, 2.24) is 0 Å². The molecule has 0 bridgehead atoms. The Bertz CT molecular complexity index is 771. The summed E-state index contributed by atoms with van der Waals surface area (Å²) < 4.78 is 63.7. The molecular formula is C23H40NO6PS2-2. The molecule has 0 saturated carbocycles. The fourth-order valence-corrected chi connectivity index (χ4v) is 7.07. The molecule has 0 fully saturated rings. The molecule has 0 aliphatic carbocycles.